The molecule has 0 spiro atoms. The Labute approximate surface area is 84.8 Å². The summed E-state index contributed by atoms with van der Waals surface area (Å²) in [5.74, 6) is 0.690. The van der Waals surface area contributed by atoms with Crippen LogP contribution >= 0.6 is 0 Å². The molecule has 0 saturated carbocycles. The van der Waals surface area contributed by atoms with Crippen molar-refractivity contribution in [3.63, 3.8) is 0 Å². The van der Waals surface area contributed by atoms with Gasteiger partial charge in [0.1, 0.15) is 5.76 Å². The molecule has 0 radical (unpaired) electrons. The minimum absolute atomic E-state index is 0.0862. The Morgan fingerprint density at radius 1 is 1.57 bits per heavy atom. The van der Waals surface area contributed by atoms with Crippen molar-refractivity contribution < 1.29 is 9.84 Å². The first-order chi connectivity index (χ1) is 6.78. The number of nitrogens with two attached hydrogens (primary N) is 1. The summed E-state index contributed by atoms with van der Waals surface area (Å²) in [7, 11) is 1.57. The minimum Gasteiger partial charge on any atom is -0.500 e. The molecule has 0 aromatic carbocycles. The fourth-order valence-electron chi connectivity index (χ4n) is 0.802. The van der Waals surface area contributed by atoms with Crippen molar-refractivity contribution in [3.05, 3.63) is 36.3 Å². The Morgan fingerprint density at radius 2 is 2.29 bits per heavy atom. The zero-order valence-electron chi connectivity index (χ0n) is 8.49. The highest BCUT2D eigenvalue weighted by Crippen LogP contribution is 1.96. The average molecular weight is 198 g/mol. The van der Waals surface area contributed by atoms with Gasteiger partial charge in [0.2, 0.25) is 0 Å². The molecule has 0 aliphatic heterocycles. The SMILES string of the molecule is C=C/C(=C\C=C(/CN)OC)NCCO. The molecular weight excluding hydrogens is 180 g/mol. The van der Waals surface area contributed by atoms with Gasteiger partial charge in [0.15, 0.2) is 0 Å². The van der Waals surface area contributed by atoms with Crippen molar-refractivity contribution in [2.24, 2.45) is 5.73 Å². The Hall–Kier alpha value is -1.26. The summed E-state index contributed by atoms with van der Waals surface area (Å²) >= 11 is 0. The number of aliphatic hydroxyl groups excluding tert-OH is 1. The molecule has 4 heteroatoms. The third-order valence-corrected chi connectivity index (χ3v) is 1.57. The zero-order chi connectivity index (χ0) is 10.8. The van der Waals surface area contributed by atoms with E-state index in [9.17, 15) is 0 Å². The molecule has 0 fully saturated rings. The normalized spacial score (nSPS) is 12.5. The first-order valence-corrected chi connectivity index (χ1v) is 4.40. The average Bonchev–Trinajstić information content (AvgIpc) is 2.23. The molecule has 0 aromatic rings. The van der Waals surface area contributed by atoms with Crippen LogP contribution in [0.5, 0.6) is 0 Å². The predicted octanol–water partition coefficient (Wildman–Crippen LogP) is 0.127. The van der Waals surface area contributed by atoms with Crippen molar-refractivity contribution >= 4 is 0 Å². The standard InChI is InChI=1S/C10H18N2O2/c1-3-9(12-6-7-13)4-5-10(8-11)14-2/h3-5,12-13H,1,6-8,11H2,2H3/b9-4+,10-5+. The molecule has 0 atom stereocenters. The minimum atomic E-state index is 0.0862. The summed E-state index contributed by atoms with van der Waals surface area (Å²) in [6.45, 7) is 4.57. The lowest BCUT2D eigenvalue weighted by atomic mass is 10.3. The third kappa shape index (κ3) is 5.40. The van der Waals surface area contributed by atoms with Crippen molar-refractivity contribution in [2.45, 2.75) is 0 Å². The predicted molar refractivity (Wildman–Crippen MR) is 57.5 cm³/mol. The molecule has 0 unspecified atom stereocenters. The zero-order valence-corrected chi connectivity index (χ0v) is 8.49. The Balaban J connectivity index is 4.27. The van der Waals surface area contributed by atoms with Gasteiger partial charge >= 0.3 is 0 Å². The second-order valence-electron chi connectivity index (χ2n) is 2.52. The van der Waals surface area contributed by atoms with Crippen molar-refractivity contribution in [1.29, 1.82) is 0 Å². The van der Waals surface area contributed by atoms with Crippen LogP contribution < -0.4 is 11.1 Å². The van der Waals surface area contributed by atoms with Gasteiger partial charge in [-0.3, -0.25) is 0 Å². The van der Waals surface area contributed by atoms with Crippen molar-refractivity contribution in [1.82, 2.24) is 5.32 Å². The van der Waals surface area contributed by atoms with Crippen LogP contribution in [0.1, 0.15) is 0 Å². The van der Waals surface area contributed by atoms with Crippen LogP contribution in [-0.2, 0) is 4.74 Å². The smallest absolute Gasteiger partial charge is 0.109 e. The van der Waals surface area contributed by atoms with E-state index < -0.39 is 0 Å². The van der Waals surface area contributed by atoms with Gasteiger partial charge in [0.05, 0.1) is 20.3 Å². The highest BCUT2D eigenvalue weighted by atomic mass is 16.5. The van der Waals surface area contributed by atoms with Gasteiger partial charge in [-0.1, -0.05) is 6.58 Å². The van der Waals surface area contributed by atoms with Gasteiger partial charge in [-0.2, -0.15) is 0 Å². The van der Waals surface area contributed by atoms with E-state index in [2.05, 4.69) is 11.9 Å². The quantitative estimate of drug-likeness (QED) is 0.402. The maximum absolute atomic E-state index is 8.60. The van der Waals surface area contributed by atoms with Crippen molar-refractivity contribution in [3.8, 4) is 0 Å². The molecule has 80 valence electrons. The summed E-state index contributed by atoms with van der Waals surface area (Å²) in [6, 6.07) is 0. The lowest BCUT2D eigenvalue weighted by Crippen LogP contribution is -2.16. The number of ether oxygens (including phenoxy) is 1. The summed E-state index contributed by atoms with van der Waals surface area (Å²) in [5.41, 5.74) is 6.22. The van der Waals surface area contributed by atoms with E-state index in [-0.39, 0.29) is 6.61 Å². The number of rotatable bonds is 7. The second kappa shape index (κ2) is 8.34. The monoisotopic (exact) mass is 198 g/mol. The summed E-state index contributed by atoms with van der Waals surface area (Å²) in [6.07, 6.45) is 5.23. The van der Waals surface area contributed by atoms with Crippen LogP contribution in [0, 0.1) is 0 Å². The molecule has 0 bridgehead atoms. The molecule has 0 heterocycles. The van der Waals surface area contributed by atoms with Crippen LogP contribution in [0.4, 0.5) is 0 Å². The highest BCUT2D eigenvalue weighted by molar-refractivity contribution is 5.22. The summed E-state index contributed by atoms with van der Waals surface area (Å²) in [4.78, 5) is 0. The van der Waals surface area contributed by atoms with Crippen LogP contribution in [-0.4, -0.2) is 31.9 Å². The fraction of sp³-hybridized carbons (Fsp3) is 0.400. The van der Waals surface area contributed by atoms with E-state index in [1.165, 1.54) is 0 Å². The number of allylic oxidation sites excluding steroid dienone is 3. The van der Waals surface area contributed by atoms with Gasteiger partial charge in [-0.15, -0.1) is 0 Å². The molecule has 0 aliphatic rings. The number of methoxy groups -OCH3 is 1. The number of hydrogen-bond donors (Lipinski definition) is 3. The molecule has 0 amide bonds. The third-order valence-electron chi connectivity index (χ3n) is 1.57. The Morgan fingerprint density at radius 3 is 2.71 bits per heavy atom. The molecule has 14 heavy (non-hydrogen) atoms. The first kappa shape index (κ1) is 12.7. The van der Waals surface area contributed by atoms with Gasteiger partial charge in [-0.05, 0) is 18.2 Å². The van der Waals surface area contributed by atoms with Crippen LogP contribution in [0.3, 0.4) is 0 Å². The lowest BCUT2D eigenvalue weighted by molar-refractivity contribution is 0.287. The van der Waals surface area contributed by atoms with E-state index in [0.717, 1.165) is 5.70 Å². The molecule has 4 nitrogen and oxygen atoms in total. The highest BCUT2D eigenvalue weighted by Gasteiger charge is 1.90. The number of nitrogens with one attached hydrogen (secondary N) is 1. The van der Waals surface area contributed by atoms with E-state index in [1.807, 2.05) is 0 Å². The largest absolute Gasteiger partial charge is 0.500 e. The van der Waals surface area contributed by atoms with Gasteiger partial charge in [0, 0.05) is 12.2 Å². The molecule has 0 rings (SSSR count). The number of aliphatic hydroxyl groups is 1. The first-order valence-electron chi connectivity index (χ1n) is 4.40. The molecule has 0 saturated heterocycles. The van der Waals surface area contributed by atoms with Crippen LogP contribution in [0.2, 0.25) is 0 Å². The molecule has 4 N–H and O–H groups in total. The Bertz CT molecular complexity index is 216. The fourth-order valence-corrected chi connectivity index (χ4v) is 0.802. The number of hydrogen-bond acceptors (Lipinski definition) is 4. The van der Waals surface area contributed by atoms with Crippen LogP contribution in [0.25, 0.3) is 0 Å². The molecule has 0 aromatic heterocycles. The van der Waals surface area contributed by atoms with Gasteiger partial charge in [-0.25, -0.2) is 0 Å². The summed E-state index contributed by atoms with van der Waals surface area (Å²) in [5, 5.41) is 11.6. The van der Waals surface area contributed by atoms with E-state index >= 15 is 0 Å². The van der Waals surface area contributed by atoms with Crippen LogP contribution in [0.15, 0.2) is 36.3 Å². The molecular formula is C10H18N2O2. The lowest BCUT2D eigenvalue weighted by Gasteiger charge is -2.04. The Kier molecular flexibility index (Phi) is 7.59. The molecule has 0 aliphatic carbocycles. The maximum Gasteiger partial charge on any atom is 0.109 e. The second-order valence-corrected chi connectivity index (χ2v) is 2.52. The van der Waals surface area contributed by atoms with Gasteiger partial charge < -0.3 is 20.9 Å². The van der Waals surface area contributed by atoms with Gasteiger partial charge in [0.25, 0.3) is 0 Å². The maximum atomic E-state index is 8.60. The van der Waals surface area contributed by atoms with E-state index in [4.69, 9.17) is 15.6 Å². The topological polar surface area (TPSA) is 67.5 Å². The van der Waals surface area contributed by atoms with Crippen molar-refractivity contribution in [2.75, 3.05) is 26.8 Å². The van der Waals surface area contributed by atoms with E-state index in [1.54, 1.807) is 25.3 Å². The van der Waals surface area contributed by atoms with E-state index in [0.29, 0.717) is 18.8 Å². The summed E-state index contributed by atoms with van der Waals surface area (Å²) < 4.78 is 4.98.